The lowest BCUT2D eigenvalue weighted by Gasteiger charge is -2.24. The Morgan fingerprint density at radius 3 is 1.32 bits per heavy atom. The Kier molecular flexibility index (Phi) is 35.2. The van der Waals surface area contributed by atoms with E-state index in [2.05, 4.69) is 13.8 Å². The second-order valence-electron chi connectivity index (χ2n) is 15.7. The molecule has 0 aliphatic carbocycles. The van der Waals surface area contributed by atoms with Gasteiger partial charge in [0.25, 0.3) is 0 Å². The number of unbranched alkanes of at least 4 members (excludes halogenated alkanes) is 26. The van der Waals surface area contributed by atoms with Crippen LogP contribution in [0.4, 0.5) is 0 Å². The lowest BCUT2D eigenvalue weighted by atomic mass is 10.0. The molecular weight excluding hydrogens is 649 g/mol. The van der Waals surface area contributed by atoms with E-state index < -0.39 is 13.9 Å². The number of carbonyl (C=O) groups excluding carboxylic acids is 1. The maximum absolute atomic E-state index is 12.3. The fourth-order valence-corrected chi connectivity index (χ4v) is 6.82. The van der Waals surface area contributed by atoms with Gasteiger partial charge in [0.05, 0.1) is 34.4 Å². The molecular formula is C41H85NO7P+. The highest BCUT2D eigenvalue weighted by atomic mass is 31.2. The molecule has 0 aromatic heterocycles. The predicted molar refractivity (Wildman–Crippen MR) is 211 cm³/mol. The van der Waals surface area contributed by atoms with Gasteiger partial charge >= 0.3 is 13.8 Å². The molecule has 0 aliphatic rings. The van der Waals surface area contributed by atoms with E-state index in [4.69, 9.17) is 18.5 Å². The Bertz CT molecular complexity index is 777. The summed E-state index contributed by atoms with van der Waals surface area (Å²) in [6.07, 6.45) is 36.6. The van der Waals surface area contributed by atoms with Gasteiger partial charge in [0.2, 0.25) is 0 Å². The Labute approximate surface area is 310 Å². The van der Waals surface area contributed by atoms with Crippen molar-refractivity contribution in [3.63, 3.8) is 0 Å². The maximum Gasteiger partial charge on any atom is 0.472 e. The van der Waals surface area contributed by atoms with Gasteiger partial charge in [-0.05, 0) is 12.8 Å². The first-order chi connectivity index (χ1) is 24.1. The van der Waals surface area contributed by atoms with Crippen LogP contribution < -0.4 is 0 Å². The molecule has 50 heavy (non-hydrogen) atoms. The fourth-order valence-electron chi connectivity index (χ4n) is 6.08. The van der Waals surface area contributed by atoms with Crippen molar-refractivity contribution in [2.75, 3.05) is 54.1 Å². The number of phosphoric ester groups is 1. The Hall–Kier alpha value is -0.500. The van der Waals surface area contributed by atoms with Crippen molar-refractivity contribution in [3.05, 3.63) is 0 Å². The highest BCUT2D eigenvalue weighted by molar-refractivity contribution is 7.47. The number of carbonyl (C=O) groups is 1. The van der Waals surface area contributed by atoms with Gasteiger partial charge in [0.1, 0.15) is 19.3 Å². The van der Waals surface area contributed by atoms with E-state index in [-0.39, 0.29) is 25.8 Å². The quantitative estimate of drug-likeness (QED) is 0.0290. The van der Waals surface area contributed by atoms with Gasteiger partial charge < -0.3 is 18.9 Å². The van der Waals surface area contributed by atoms with Crippen molar-refractivity contribution < 1.29 is 37.3 Å². The monoisotopic (exact) mass is 735 g/mol. The molecule has 0 fully saturated rings. The number of hydrogen-bond acceptors (Lipinski definition) is 6. The summed E-state index contributed by atoms with van der Waals surface area (Å²) in [7, 11) is 1.68. The predicted octanol–water partition coefficient (Wildman–Crippen LogP) is 12.1. The molecule has 0 saturated heterocycles. The van der Waals surface area contributed by atoms with Crippen molar-refractivity contribution >= 4 is 13.8 Å². The summed E-state index contributed by atoms with van der Waals surface area (Å²) in [5, 5.41) is 0. The number of esters is 1. The van der Waals surface area contributed by atoms with Crippen molar-refractivity contribution in [1.82, 2.24) is 0 Å². The van der Waals surface area contributed by atoms with Gasteiger partial charge in [-0.25, -0.2) is 4.57 Å². The summed E-state index contributed by atoms with van der Waals surface area (Å²) < 4.78 is 34.5. The van der Waals surface area contributed by atoms with Crippen molar-refractivity contribution in [2.24, 2.45) is 0 Å². The van der Waals surface area contributed by atoms with Crippen LogP contribution in [0.25, 0.3) is 0 Å². The Morgan fingerprint density at radius 1 is 0.540 bits per heavy atom. The Morgan fingerprint density at radius 2 is 0.920 bits per heavy atom. The second kappa shape index (κ2) is 35.5. The largest absolute Gasteiger partial charge is 0.472 e. The summed E-state index contributed by atoms with van der Waals surface area (Å²) in [6, 6.07) is 0. The molecule has 0 heterocycles. The fraction of sp³-hybridized carbons (Fsp3) is 0.976. The molecule has 0 spiro atoms. The minimum Gasteiger partial charge on any atom is -0.457 e. The van der Waals surface area contributed by atoms with E-state index in [9.17, 15) is 14.3 Å². The first-order valence-electron chi connectivity index (χ1n) is 21.3. The lowest BCUT2D eigenvalue weighted by Crippen LogP contribution is -2.37. The van der Waals surface area contributed by atoms with Crippen LogP contribution in [0, 0.1) is 0 Å². The minimum atomic E-state index is -4.24. The smallest absolute Gasteiger partial charge is 0.457 e. The van der Waals surface area contributed by atoms with Crippen LogP contribution >= 0.6 is 7.82 Å². The van der Waals surface area contributed by atoms with Gasteiger partial charge in [-0.15, -0.1) is 0 Å². The van der Waals surface area contributed by atoms with E-state index >= 15 is 0 Å². The number of hydrogen-bond donors (Lipinski definition) is 1. The van der Waals surface area contributed by atoms with Crippen LogP contribution in [0.1, 0.15) is 200 Å². The van der Waals surface area contributed by atoms with Crippen LogP contribution in [-0.4, -0.2) is 75.6 Å². The molecule has 0 aromatic carbocycles. The molecule has 1 N–H and O–H groups in total. The molecule has 0 saturated carbocycles. The van der Waals surface area contributed by atoms with Gasteiger partial charge in [0.15, 0.2) is 0 Å². The number of rotatable bonds is 40. The van der Waals surface area contributed by atoms with Crippen molar-refractivity contribution in [1.29, 1.82) is 0 Å². The topological polar surface area (TPSA) is 91.3 Å². The van der Waals surface area contributed by atoms with Gasteiger partial charge in [0, 0.05) is 13.0 Å². The number of nitrogens with zero attached hydrogens (tertiary/aromatic N) is 1. The molecule has 0 amide bonds. The summed E-state index contributed by atoms with van der Waals surface area (Å²) in [6.45, 7) is 5.49. The molecule has 0 radical (unpaired) electrons. The zero-order valence-electron chi connectivity index (χ0n) is 33.9. The number of quaternary nitrogens is 1. The molecule has 8 nitrogen and oxygen atoms in total. The first-order valence-corrected chi connectivity index (χ1v) is 22.8. The first kappa shape index (κ1) is 49.5. The second-order valence-corrected chi connectivity index (χ2v) is 17.2. The average Bonchev–Trinajstić information content (AvgIpc) is 3.06. The zero-order chi connectivity index (χ0) is 37.0. The molecule has 0 bridgehead atoms. The summed E-state index contributed by atoms with van der Waals surface area (Å²) in [5.74, 6) is -0.334. The SMILES string of the molecule is CCCCCCCCCCCCCCCCCCCCCCCCCCCOCC(COP(=O)(O)OCC[N+](C)(C)C)OC(=O)CCCCC. The molecule has 9 heteroatoms. The molecule has 0 aliphatic heterocycles. The van der Waals surface area contributed by atoms with E-state index in [1.807, 2.05) is 21.1 Å². The van der Waals surface area contributed by atoms with Crippen LogP contribution in [-0.2, 0) is 27.9 Å². The molecule has 0 rings (SSSR count). The molecule has 2 unspecified atom stereocenters. The third-order valence-corrected chi connectivity index (χ3v) is 10.4. The van der Waals surface area contributed by atoms with E-state index in [1.165, 1.54) is 148 Å². The lowest BCUT2D eigenvalue weighted by molar-refractivity contribution is -0.870. The van der Waals surface area contributed by atoms with Crippen LogP contribution in [0.2, 0.25) is 0 Å². The van der Waals surface area contributed by atoms with Crippen molar-refractivity contribution in [2.45, 2.75) is 206 Å². The maximum atomic E-state index is 12.3. The number of phosphoric acid groups is 1. The van der Waals surface area contributed by atoms with Crippen LogP contribution in [0.5, 0.6) is 0 Å². The summed E-state index contributed by atoms with van der Waals surface area (Å²) in [5.41, 5.74) is 0. The third-order valence-electron chi connectivity index (χ3n) is 9.42. The van der Waals surface area contributed by atoms with Crippen LogP contribution in [0.3, 0.4) is 0 Å². The van der Waals surface area contributed by atoms with Gasteiger partial charge in [-0.3, -0.25) is 13.8 Å². The summed E-state index contributed by atoms with van der Waals surface area (Å²) >= 11 is 0. The molecule has 2 atom stereocenters. The molecule has 0 aromatic rings. The zero-order valence-corrected chi connectivity index (χ0v) is 34.8. The standard InChI is InChI=1S/C41H84NO7P/c1-6-8-10-11-12-13-14-15-16-17-18-19-20-21-22-23-24-25-26-27-28-29-30-31-33-36-46-38-40(49-41(43)34-32-9-7-2)39-48-50(44,45)47-37-35-42(3,4)5/h40H,6-39H2,1-5H3/p+1. The molecule has 300 valence electrons. The van der Waals surface area contributed by atoms with Crippen molar-refractivity contribution in [3.8, 4) is 0 Å². The average molecular weight is 735 g/mol. The normalized spacial score (nSPS) is 13.8. The highest BCUT2D eigenvalue weighted by Crippen LogP contribution is 2.43. The highest BCUT2D eigenvalue weighted by Gasteiger charge is 2.26. The number of ether oxygens (including phenoxy) is 2. The van der Waals surface area contributed by atoms with E-state index in [0.717, 1.165) is 32.1 Å². The van der Waals surface area contributed by atoms with Gasteiger partial charge in [-0.2, -0.15) is 0 Å². The summed E-state index contributed by atoms with van der Waals surface area (Å²) in [4.78, 5) is 22.4. The van der Waals surface area contributed by atoms with E-state index in [0.29, 0.717) is 24.1 Å². The Balaban J connectivity index is 3.74. The van der Waals surface area contributed by atoms with Gasteiger partial charge in [-0.1, -0.05) is 181 Å². The minimum absolute atomic E-state index is 0.0921. The number of likely N-dealkylation sites (N-methyl/N-ethyl adjacent to an activating group) is 1. The van der Waals surface area contributed by atoms with Crippen LogP contribution in [0.15, 0.2) is 0 Å². The third kappa shape index (κ3) is 38.7. The van der Waals surface area contributed by atoms with E-state index in [1.54, 1.807) is 0 Å².